The molecule has 0 bridgehead atoms. The molecule has 0 atom stereocenters. The van der Waals surface area contributed by atoms with E-state index in [9.17, 15) is 4.79 Å². The Balaban J connectivity index is 3.20. The van der Waals surface area contributed by atoms with Crippen LogP contribution in [0, 0.1) is 0 Å². The summed E-state index contributed by atoms with van der Waals surface area (Å²) in [6.45, 7) is 15.4. The van der Waals surface area contributed by atoms with Gasteiger partial charge in [0.05, 0.1) is 85.9 Å². The minimum Gasteiger partial charge on any atom is -0.444 e. The Morgan fingerprint density at radius 3 is 1.22 bits per heavy atom. The van der Waals surface area contributed by atoms with Crippen LogP contribution in [0.4, 0.5) is 4.79 Å². The zero-order valence-corrected chi connectivity index (χ0v) is 20.7. The second kappa shape index (κ2) is 21.8. The van der Waals surface area contributed by atoms with Crippen molar-refractivity contribution in [1.82, 2.24) is 4.90 Å². The first kappa shape index (κ1) is 31.0. The number of carbonyl (C=O) groups excluding carboxylic acids is 1. The lowest BCUT2D eigenvalue weighted by Gasteiger charge is -2.24. The summed E-state index contributed by atoms with van der Waals surface area (Å²) in [5, 5.41) is 0. The third-order valence-electron chi connectivity index (χ3n) is 3.71. The Labute approximate surface area is 193 Å². The molecule has 0 aliphatic rings. The molecular formula is C22H45NO9. The Kier molecular flexibility index (Phi) is 21.1. The van der Waals surface area contributed by atoms with Crippen LogP contribution in [0.5, 0.6) is 0 Å². The van der Waals surface area contributed by atoms with Crippen LogP contribution in [-0.2, 0) is 37.9 Å². The number of ether oxygens (including phenoxy) is 8. The van der Waals surface area contributed by atoms with Crippen LogP contribution in [0.1, 0.15) is 27.7 Å². The number of hydrogen-bond acceptors (Lipinski definition) is 9. The maximum atomic E-state index is 11.8. The molecule has 0 saturated heterocycles. The lowest BCUT2D eigenvalue weighted by atomic mass is 10.2. The maximum Gasteiger partial charge on any atom is 0.410 e. The molecule has 0 rings (SSSR count). The van der Waals surface area contributed by atoms with Gasteiger partial charge in [-0.15, -0.1) is 0 Å². The highest BCUT2D eigenvalue weighted by molar-refractivity contribution is 5.67. The van der Waals surface area contributed by atoms with Gasteiger partial charge >= 0.3 is 6.09 Å². The van der Waals surface area contributed by atoms with Crippen molar-refractivity contribution in [3.63, 3.8) is 0 Å². The highest BCUT2D eigenvalue weighted by Gasteiger charge is 2.19. The molecule has 0 N–H and O–H groups in total. The van der Waals surface area contributed by atoms with Crippen molar-refractivity contribution in [2.75, 3.05) is 106 Å². The van der Waals surface area contributed by atoms with Crippen LogP contribution in [-0.4, -0.2) is 123 Å². The van der Waals surface area contributed by atoms with E-state index in [0.717, 1.165) is 0 Å². The van der Waals surface area contributed by atoms with Crippen molar-refractivity contribution < 1.29 is 42.7 Å². The molecule has 10 heteroatoms. The zero-order valence-electron chi connectivity index (χ0n) is 20.7. The second-order valence-electron chi connectivity index (χ2n) is 7.77. The van der Waals surface area contributed by atoms with Gasteiger partial charge in [0.25, 0.3) is 0 Å². The van der Waals surface area contributed by atoms with Gasteiger partial charge in [0, 0.05) is 20.2 Å². The van der Waals surface area contributed by atoms with Crippen LogP contribution >= 0.6 is 0 Å². The average molecular weight is 468 g/mol. The standard InChI is InChI=1S/C22H45NO9/c1-6-25-9-10-27-13-14-29-17-18-31-20-19-30-16-15-28-12-11-26-8-7-23(5)21(24)32-22(2,3)4/h6-20H2,1-5H3. The van der Waals surface area contributed by atoms with E-state index in [1.165, 1.54) is 4.90 Å². The molecule has 0 aliphatic carbocycles. The van der Waals surface area contributed by atoms with Gasteiger partial charge in [-0.3, -0.25) is 0 Å². The van der Waals surface area contributed by atoms with Gasteiger partial charge in [-0.2, -0.15) is 0 Å². The molecule has 0 unspecified atom stereocenters. The molecule has 0 radical (unpaired) electrons. The maximum absolute atomic E-state index is 11.8. The Morgan fingerprint density at radius 1 is 0.594 bits per heavy atom. The zero-order chi connectivity index (χ0) is 23.9. The van der Waals surface area contributed by atoms with Crippen molar-refractivity contribution >= 4 is 6.09 Å². The fourth-order valence-electron chi connectivity index (χ4n) is 2.10. The molecule has 0 fully saturated rings. The normalized spacial score (nSPS) is 11.7. The Bertz CT molecular complexity index is 419. The van der Waals surface area contributed by atoms with Crippen LogP contribution in [0.25, 0.3) is 0 Å². The summed E-state index contributed by atoms with van der Waals surface area (Å²) < 4.78 is 42.9. The quantitative estimate of drug-likeness (QED) is 0.222. The molecule has 0 aliphatic heterocycles. The molecule has 0 aromatic heterocycles. The van der Waals surface area contributed by atoms with Gasteiger partial charge in [-0.05, 0) is 27.7 Å². The van der Waals surface area contributed by atoms with Crippen molar-refractivity contribution in [1.29, 1.82) is 0 Å². The summed E-state index contributed by atoms with van der Waals surface area (Å²) in [6.07, 6.45) is -0.357. The summed E-state index contributed by atoms with van der Waals surface area (Å²) in [5.41, 5.74) is -0.498. The highest BCUT2D eigenvalue weighted by atomic mass is 16.6. The molecule has 0 aromatic carbocycles. The van der Waals surface area contributed by atoms with Crippen molar-refractivity contribution in [2.45, 2.75) is 33.3 Å². The summed E-state index contributed by atoms with van der Waals surface area (Å²) in [6, 6.07) is 0. The smallest absolute Gasteiger partial charge is 0.410 e. The summed E-state index contributed by atoms with van der Waals surface area (Å²) in [4.78, 5) is 13.3. The Hall–Kier alpha value is -1.01. The number of carbonyl (C=O) groups is 1. The highest BCUT2D eigenvalue weighted by Crippen LogP contribution is 2.08. The third kappa shape index (κ3) is 23.6. The number of amides is 1. The predicted molar refractivity (Wildman–Crippen MR) is 120 cm³/mol. The lowest BCUT2D eigenvalue weighted by molar-refractivity contribution is -0.0209. The summed E-state index contributed by atoms with van der Waals surface area (Å²) >= 11 is 0. The first-order valence-electron chi connectivity index (χ1n) is 11.3. The van der Waals surface area contributed by atoms with E-state index in [-0.39, 0.29) is 6.09 Å². The minimum absolute atomic E-state index is 0.357. The summed E-state index contributed by atoms with van der Waals surface area (Å²) in [5.74, 6) is 0. The number of likely N-dealkylation sites (N-methyl/N-ethyl adjacent to an activating group) is 1. The van der Waals surface area contributed by atoms with E-state index < -0.39 is 5.60 Å². The van der Waals surface area contributed by atoms with Gasteiger partial charge in [0.1, 0.15) is 5.60 Å². The molecule has 0 saturated carbocycles. The van der Waals surface area contributed by atoms with Gasteiger partial charge < -0.3 is 42.8 Å². The molecule has 192 valence electrons. The van der Waals surface area contributed by atoms with Crippen molar-refractivity contribution in [3.05, 3.63) is 0 Å². The van der Waals surface area contributed by atoms with Crippen LogP contribution in [0.15, 0.2) is 0 Å². The van der Waals surface area contributed by atoms with Crippen LogP contribution in [0.3, 0.4) is 0 Å². The van der Waals surface area contributed by atoms with E-state index in [0.29, 0.717) is 99.0 Å². The van der Waals surface area contributed by atoms with Crippen molar-refractivity contribution in [2.24, 2.45) is 0 Å². The fraction of sp³-hybridized carbons (Fsp3) is 0.955. The van der Waals surface area contributed by atoms with Gasteiger partial charge in [0.15, 0.2) is 0 Å². The largest absolute Gasteiger partial charge is 0.444 e. The topological polar surface area (TPSA) is 94.2 Å². The lowest BCUT2D eigenvalue weighted by Crippen LogP contribution is -2.36. The molecule has 1 amide bonds. The van der Waals surface area contributed by atoms with Crippen molar-refractivity contribution in [3.8, 4) is 0 Å². The van der Waals surface area contributed by atoms with E-state index in [1.54, 1.807) is 7.05 Å². The van der Waals surface area contributed by atoms with Gasteiger partial charge in [-0.25, -0.2) is 4.79 Å². The first-order chi connectivity index (χ1) is 15.4. The summed E-state index contributed by atoms with van der Waals surface area (Å²) in [7, 11) is 1.68. The van der Waals surface area contributed by atoms with Crippen LogP contribution in [0.2, 0.25) is 0 Å². The molecule has 10 nitrogen and oxygen atoms in total. The molecule has 0 spiro atoms. The number of rotatable bonds is 22. The van der Waals surface area contributed by atoms with E-state index >= 15 is 0 Å². The van der Waals surface area contributed by atoms with E-state index in [1.807, 2.05) is 27.7 Å². The average Bonchev–Trinajstić information content (AvgIpc) is 2.73. The Morgan fingerprint density at radius 2 is 0.906 bits per heavy atom. The molecule has 32 heavy (non-hydrogen) atoms. The minimum atomic E-state index is -0.498. The van der Waals surface area contributed by atoms with E-state index in [4.69, 9.17) is 37.9 Å². The molecular weight excluding hydrogens is 422 g/mol. The molecule has 0 aromatic rings. The van der Waals surface area contributed by atoms with E-state index in [2.05, 4.69) is 0 Å². The second-order valence-corrected chi connectivity index (χ2v) is 7.77. The number of nitrogens with zero attached hydrogens (tertiary/aromatic N) is 1. The fourth-order valence-corrected chi connectivity index (χ4v) is 2.10. The molecule has 0 heterocycles. The van der Waals surface area contributed by atoms with Gasteiger partial charge in [-0.1, -0.05) is 0 Å². The first-order valence-corrected chi connectivity index (χ1v) is 11.3. The number of hydrogen-bond donors (Lipinski definition) is 0. The monoisotopic (exact) mass is 467 g/mol. The van der Waals surface area contributed by atoms with Gasteiger partial charge in [0.2, 0.25) is 0 Å². The third-order valence-corrected chi connectivity index (χ3v) is 3.71. The predicted octanol–water partition coefficient (Wildman–Crippen LogP) is 1.99. The SMILES string of the molecule is CCOCCOCCOCCOCCOCCOCCOCCN(C)C(=O)OC(C)(C)C. The van der Waals surface area contributed by atoms with Crippen LogP contribution < -0.4 is 0 Å².